The fraction of sp³-hybridized carbons (Fsp3) is 0.0526. The summed E-state index contributed by atoms with van der Waals surface area (Å²) in [6.45, 7) is 0. The van der Waals surface area contributed by atoms with Gasteiger partial charge in [0.05, 0.1) is 10.6 Å². The van der Waals surface area contributed by atoms with Crippen molar-refractivity contribution in [3.63, 3.8) is 0 Å². The maximum Gasteiger partial charge on any atom is 0.573 e. The number of hydrogen-bond donors (Lipinski definition) is 2. The van der Waals surface area contributed by atoms with E-state index in [4.69, 9.17) is 10.5 Å². The van der Waals surface area contributed by atoms with Crippen molar-refractivity contribution in [2.75, 3.05) is 11.1 Å². The number of nitrogens with one attached hydrogen (secondary N) is 1. The summed E-state index contributed by atoms with van der Waals surface area (Å²) in [6, 6.07) is 5.00. The van der Waals surface area contributed by atoms with Gasteiger partial charge in [-0.25, -0.2) is 13.8 Å². The number of rotatable bonds is 6. The molecule has 3 N–H and O–H groups in total. The van der Waals surface area contributed by atoms with Crippen molar-refractivity contribution < 1.29 is 45.5 Å². The number of halogens is 6. The average Bonchev–Trinajstić information content (AvgIpc) is 2.74. The molecule has 0 bridgehead atoms. The van der Waals surface area contributed by atoms with Gasteiger partial charge in [-0.3, -0.25) is 14.9 Å². The number of nitrogens with zero attached hydrogens (tertiary/aromatic N) is 2. The molecule has 0 saturated carbocycles. The van der Waals surface area contributed by atoms with Crippen LogP contribution in [0.2, 0.25) is 0 Å². The number of carbonyl (C=O) groups is 1. The van der Waals surface area contributed by atoms with E-state index < -0.39 is 74.6 Å². The van der Waals surface area contributed by atoms with Crippen LogP contribution in [0.1, 0.15) is 10.4 Å². The number of nitrogens with two attached hydrogens (primary N) is 1. The summed E-state index contributed by atoms with van der Waals surface area (Å²) in [5, 5.41) is 13.0. The minimum absolute atomic E-state index is 0.453. The number of anilines is 2. The summed E-state index contributed by atoms with van der Waals surface area (Å²) in [5.74, 6) is -10.2. The number of carbonyl (C=O) groups excluding carboxylic acids is 1. The van der Waals surface area contributed by atoms with Crippen LogP contribution in [-0.2, 0) is 0 Å². The van der Waals surface area contributed by atoms with Crippen LogP contribution >= 0.6 is 0 Å². The van der Waals surface area contributed by atoms with Crippen molar-refractivity contribution in [2.45, 2.75) is 6.36 Å². The Morgan fingerprint density at radius 1 is 1.06 bits per heavy atom. The lowest BCUT2D eigenvalue weighted by Gasteiger charge is -2.13. The average molecular weight is 488 g/mol. The van der Waals surface area contributed by atoms with Crippen molar-refractivity contribution in [3.05, 3.63) is 75.7 Å². The molecule has 9 nitrogen and oxygen atoms in total. The molecule has 1 heterocycles. The lowest BCUT2D eigenvalue weighted by atomic mass is 10.2. The number of ether oxygens (including phenoxy) is 2. The van der Waals surface area contributed by atoms with E-state index >= 15 is 0 Å². The lowest BCUT2D eigenvalue weighted by molar-refractivity contribution is -0.384. The molecule has 0 fully saturated rings. The minimum atomic E-state index is -5.05. The highest BCUT2D eigenvalue weighted by molar-refractivity contribution is 6.04. The second-order valence-corrected chi connectivity index (χ2v) is 6.30. The van der Waals surface area contributed by atoms with Crippen molar-refractivity contribution in [1.82, 2.24) is 4.98 Å². The maximum absolute atomic E-state index is 14.2. The Morgan fingerprint density at radius 3 is 2.41 bits per heavy atom. The molecule has 0 aliphatic carbocycles. The lowest BCUT2D eigenvalue weighted by Crippen LogP contribution is -2.18. The van der Waals surface area contributed by atoms with Gasteiger partial charge in [0, 0.05) is 23.9 Å². The van der Waals surface area contributed by atoms with Gasteiger partial charge in [-0.15, -0.1) is 13.2 Å². The summed E-state index contributed by atoms with van der Waals surface area (Å²) < 4.78 is 88.3. The first-order valence-corrected chi connectivity index (χ1v) is 8.78. The smallest absolute Gasteiger partial charge is 0.447 e. The second kappa shape index (κ2) is 9.13. The molecule has 0 atom stereocenters. The van der Waals surface area contributed by atoms with Gasteiger partial charge in [-0.1, -0.05) is 6.07 Å². The van der Waals surface area contributed by atoms with Crippen LogP contribution in [0.4, 0.5) is 43.5 Å². The Hall–Kier alpha value is -4.56. The van der Waals surface area contributed by atoms with Gasteiger partial charge in [0.2, 0.25) is 17.4 Å². The zero-order valence-electron chi connectivity index (χ0n) is 16.3. The number of pyridine rings is 1. The quantitative estimate of drug-likeness (QED) is 0.218. The minimum Gasteiger partial charge on any atom is -0.447 e. The van der Waals surface area contributed by atoms with E-state index in [0.29, 0.717) is 12.1 Å². The largest absolute Gasteiger partial charge is 0.573 e. The molecule has 3 aromatic rings. The van der Waals surface area contributed by atoms with Gasteiger partial charge in [0.1, 0.15) is 5.75 Å². The topological polar surface area (TPSA) is 130 Å². The fourth-order valence-corrected chi connectivity index (χ4v) is 2.61. The van der Waals surface area contributed by atoms with Crippen LogP contribution < -0.4 is 20.5 Å². The third kappa shape index (κ3) is 5.25. The maximum atomic E-state index is 14.2. The number of nitro groups is 1. The molecule has 0 aliphatic rings. The van der Waals surface area contributed by atoms with Crippen LogP contribution in [0.5, 0.6) is 17.2 Å². The Balaban J connectivity index is 1.94. The fourth-order valence-electron chi connectivity index (χ4n) is 2.61. The Morgan fingerprint density at radius 2 is 1.76 bits per heavy atom. The third-order valence-electron chi connectivity index (χ3n) is 4.01. The van der Waals surface area contributed by atoms with Crippen LogP contribution in [-0.4, -0.2) is 22.2 Å². The highest BCUT2D eigenvalue weighted by Gasteiger charge is 2.31. The predicted octanol–water partition coefficient (Wildman–Crippen LogP) is 4.93. The summed E-state index contributed by atoms with van der Waals surface area (Å²) in [4.78, 5) is 26.0. The van der Waals surface area contributed by atoms with Gasteiger partial charge >= 0.3 is 12.0 Å². The number of amides is 1. The molecule has 0 aliphatic heterocycles. The predicted molar refractivity (Wildman–Crippen MR) is 103 cm³/mol. The number of aromatic nitrogens is 1. The van der Waals surface area contributed by atoms with Gasteiger partial charge < -0.3 is 20.5 Å². The molecule has 0 spiro atoms. The van der Waals surface area contributed by atoms with Crippen LogP contribution in [0.25, 0.3) is 0 Å². The molecule has 178 valence electrons. The molecule has 1 amide bonds. The highest BCUT2D eigenvalue weighted by Crippen LogP contribution is 2.38. The van der Waals surface area contributed by atoms with Crippen LogP contribution in [0.3, 0.4) is 0 Å². The standard InChI is InChI=1S/C19H10F6N4O5/c20-13-10(28-18(30)8-2-1-3-9(6-8)34-19(23,24)25)7-12(14(21)15(13)22)33-11-4-5-27-17(26)16(11)29(31)32/h1-7H,(H2,26,27)(H,28,30). The van der Waals surface area contributed by atoms with Crippen LogP contribution in [0, 0.1) is 27.6 Å². The van der Waals surface area contributed by atoms with E-state index in [0.717, 1.165) is 30.5 Å². The molecule has 15 heteroatoms. The molecule has 0 saturated heterocycles. The van der Waals surface area contributed by atoms with Gasteiger partial charge in [0.25, 0.3) is 5.91 Å². The first-order valence-electron chi connectivity index (χ1n) is 8.78. The first-order chi connectivity index (χ1) is 15.9. The van der Waals surface area contributed by atoms with E-state index in [1.807, 2.05) is 5.32 Å². The normalized spacial score (nSPS) is 11.1. The van der Waals surface area contributed by atoms with Gasteiger partial charge in [-0.05, 0) is 18.2 Å². The molecular weight excluding hydrogens is 478 g/mol. The zero-order valence-corrected chi connectivity index (χ0v) is 16.3. The molecule has 1 aromatic heterocycles. The molecule has 0 unspecified atom stereocenters. The summed E-state index contributed by atoms with van der Waals surface area (Å²) >= 11 is 0. The van der Waals surface area contributed by atoms with Crippen molar-refractivity contribution >= 4 is 23.1 Å². The number of nitrogen functional groups attached to an aromatic ring is 1. The monoisotopic (exact) mass is 488 g/mol. The third-order valence-corrected chi connectivity index (χ3v) is 4.01. The molecule has 34 heavy (non-hydrogen) atoms. The van der Waals surface area contributed by atoms with Crippen LogP contribution in [0.15, 0.2) is 42.6 Å². The molecular formula is C19H10F6N4O5. The van der Waals surface area contributed by atoms with Crippen molar-refractivity contribution in [1.29, 1.82) is 0 Å². The summed E-state index contributed by atoms with van der Waals surface area (Å²) in [5.41, 5.74) is 3.06. The summed E-state index contributed by atoms with van der Waals surface area (Å²) in [7, 11) is 0. The van der Waals surface area contributed by atoms with Gasteiger partial charge in [0.15, 0.2) is 17.4 Å². The van der Waals surface area contributed by atoms with E-state index in [2.05, 4.69) is 9.72 Å². The molecule has 3 rings (SSSR count). The van der Waals surface area contributed by atoms with E-state index in [-0.39, 0.29) is 0 Å². The Bertz CT molecular complexity index is 1280. The Kier molecular flexibility index (Phi) is 6.47. The summed E-state index contributed by atoms with van der Waals surface area (Å²) in [6.07, 6.45) is -4.08. The van der Waals surface area contributed by atoms with E-state index in [1.54, 1.807) is 0 Å². The van der Waals surface area contributed by atoms with E-state index in [9.17, 15) is 41.3 Å². The van der Waals surface area contributed by atoms with Gasteiger partial charge in [-0.2, -0.15) is 4.39 Å². The number of benzene rings is 2. The Labute approximate surface area is 184 Å². The number of hydrogen-bond acceptors (Lipinski definition) is 7. The van der Waals surface area contributed by atoms with Crippen molar-refractivity contribution in [3.8, 4) is 17.2 Å². The second-order valence-electron chi connectivity index (χ2n) is 6.30. The zero-order chi connectivity index (χ0) is 25.2. The number of alkyl halides is 3. The SMILES string of the molecule is Nc1nccc(Oc2cc(NC(=O)c3cccc(OC(F)(F)F)c3)c(F)c(F)c2F)c1[N+](=O)[O-]. The van der Waals surface area contributed by atoms with Crippen molar-refractivity contribution in [2.24, 2.45) is 0 Å². The van der Waals surface area contributed by atoms with E-state index in [1.165, 1.54) is 0 Å². The first kappa shape index (κ1) is 24.1. The molecule has 2 aromatic carbocycles. The molecule has 0 radical (unpaired) electrons. The highest BCUT2D eigenvalue weighted by atomic mass is 19.4.